The Morgan fingerprint density at radius 1 is 1.00 bits per heavy atom. The van der Waals surface area contributed by atoms with Crippen LogP contribution in [0, 0.1) is 5.92 Å². The highest BCUT2D eigenvalue weighted by Crippen LogP contribution is 2.43. The van der Waals surface area contributed by atoms with Crippen LogP contribution in [0.2, 0.25) is 5.02 Å². The Morgan fingerprint density at radius 3 is 2.43 bits per heavy atom. The molecule has 192 valence electrons. The number of hydrogen-bond acceptors (Lipinski definition) is 5. The predicted octanol–water partition coefficient (Wildman–Crippen LogP) is 5.34. The van der Waals surface area contributed by atoms with Crippen molar-refractivity contribution < 1.29 is 14.3 Å². The van der Waals surface area contributed by atoms with Crippen LogP contribution in [0.15, 0.2) is 77.7 Å². The van der Waals surface area contributed by atoms with Gasteiger partial charge in [-0.1, -0.05) is 54.9 Å². The highest BCUT2D eigenvalue weighted by atomic mass is 35.5. The number of nitrogens with zero attached hydrogens (tertiary/aromatic N) is 3. The molecule has 2 atom stereocenters. The van der Waals surface area contributed by atoms with Crippen LogP contribution >= 0.6 is 23.4 Å². The third kappa shape index (κ3) is 5.29. The summed E-state index contributed by atoms with van der Waals surface area (Å²) in [6, 6.07) is 23.4. The summed E-state index contributed by atoms with van der Waals surface area (Å²) in [6.07, 6.45) is 0. The van der Waals surface area contributed by atoms with Gasteiger partial charge in [-0.15, -0.1) is 11.8 Å². The molecule has 0 spiro atoms. The zero-order valence-electron chi connectivity index (χ0n) is 21.0. The Labute approximate surface area is 227 Å². The molecule has 3 aromatic rings. The van der Waals surface area contributed by atoms with E-state index in [1.807, 2.05) is 84.6 Å². The molecular formula is C29H30ClN3O3S. The fourth-order valence-corrected chi connectivity index (χ4v) is 6.50. The number of anilines is 2. The van der Waals surface area contributed by atoms with E-state index in [1.54, 1.807) is 12.0 Å². The van der Waals surface area contributed by atoms with Gasteiger partial charge in [0, 0.05) is 36.1 Å². The summed E-state index contributed by atoms with van der Waals surface area (Å²) in [6.45, 7) is 4.94. The van der Waals surface area contributed by atoms with Crippen LogP contribution in [0.25, 0.3) is 0 Å². The molecule has 0 radical (unpaired) electrons. The van der Waals surface area contributed by atoms with Crippen LogP contribution in [-0.4, -0.2) is 55.3 Å². The van der Waals surface area contributed by atoms with Crippen molar-refractivity contribution in [2.45, 2.75) is 23.6 Å². The number of piperazine rings is 1. The zero-order chi connectivity index (χ0) is 25.9. The number of fused-ring (bicyclic) bond motifs is 1. The lowest BCUT2D eigenvalue weighted by molar-refractivity contribution is -0.137. The highest BCUT2D eigenvalue weighted by molar-refractivity contribution is 8.01. The molecule has 2 aliphatic heterocycles. The number of carbonyl (C=O) groups excluding carboxylic acids is 2. The van der Waals surface area contributed by atoms with Crippen LogP contribution in [0.4, 0.5) is 11.4 Å². The zero-order valence-corrected chi connectivity index (χ0v) is 22.5. The molecule has 8 heteroatoms. The third-order valence-corrected chi connectivity index (χ3v) is 8.71. The van der Waals surface area contributed by atoms with Crippen LogP contribution < -0.4 is 14.5 Å². The first-order chi connectivity index (χ1) is 18.0. The number of methoxy groups -OCH3 is 1. The second-order valence-corrected chi connectivity index (χ2v) is 11.0. The first-order valence-electron chi connectivity index (χ1n) is 12.4. The molecule has 2 aliphatic rings. The molecule has 3 aromatic carbocycles. The molecule has 0 N–H and O–H groups in total. The first kappa shape index (κ1) is 25.5. The number of ether oxygens (including phenoxy) is 1. The van der Waals surface area contributed by atoms with E-state index in [-0.39, 0.29) is 11.8 Å². The molecule has 2 amide bonds. The summed E-state index contributed by atoms with van der Waals surface area (Å²) in [7, 11) is 1.67. The summed E-state index contributed by atoms with van der Waals surface area (Å²) in [4.78, 5) is 34.4. The second kappa shape index (κ2) is 11.1. The van der Waals surface area contributed by atoms with E-state index in [2.05, 4.69) is 4.90 Å². The van der Waals surface area contributed by atoms with Crippen molar-refractivity contribution in [1.82, 2.24) is 4.90 Å². The minimum Gasteiger partial charge on any atom is -0.495 e. The Kier molecular flexibility index (Phi) is 7.63. The standard InChI is InChI=1S/C29H30ClN3O3S/c1-20(28(34)32-16-14-31(15-17-32)23-10-3-5-12-25(23)36-2)27-29(35)33(19-21-8-7-9-22(30)18-21)24-11-4-6-13-26(24)37-27/h3-13,18,20,27H,14-17,19H2,1-2H3/t20-,27+/m1/s1. The maximum Gasteiger partial charge on any atom is 0.241 e. The van der Waals surface area contributed by atoms with Gasteiger partial charge in [0.25, 0.3) is 0 Å². The number of para-hydroxylation sites is 3. The van der Waals surface area contributed by atoms with Crippen LogP contribution in [-0.2, 0) is 16.1 Å². The van der Waals surface area contributed by atoms with Crippen LogP contribution in [0.3, 0.4) is 0 Å². The monoisotopic (exact) mass is 535 g/mol. The Morgan fingerprint density at radius 2 is 1.70 bits per heavy atom. The van der Waals surface area contributed by atoms with Crippen molar-refractivity contribution in [2.24, 2.45) is 5.92 Å². The van der Waals surface area contributed by atoms with Gasteiger partial charge in [0.2, 0.25) is 11.8 Å². The Bertz CT molecular complexity index is 1290. The van der Waals surface area contributed by atoms with Gasteiger partial charge in [-0.3, -0.25) is 9.59 Å². The molecule has 1 fully saturated rings. The van der Waals surface area contributed by atoms with Gasteiger partial charge in [-0.2, -0.15) is 0 Å². The normalized spacial score (nSPS) is 18.4. The SMILES string of the molecule is COc1ccccc1N1CCN(C(=O)[C@H](C)[C@@H]2Sc3ccccc3N(Cc3cccc(Cl)c3)C2=O)CC1. The van der Waals surface area contributed by atoms with Crippen molar-refractivity contribution in [3.05, 3.63) is 83.4 Å². The van der Waals surface area contributed by atoms with Crippen LogP contribution in [0.1, 0.15) is 12.5 Å². The number of thioether (sulfide) groups is 1. The van der Waals surface area contributed by atoms with Gasteiger partial charge in [0.05, 0.1) is 30.9 Å². The lowest BCUT2D eigenvalue weighted by atomic mass is 10.0. The minimum atomic E-state index is -0.492. The molecule has 0 aliphatic carbocycles. The number of carbonyl (C=O) groups is 2. The summed E-state index contributed by atoms with van der Waals surface area (Å²) in [5.41, 5.74) is 2.86. The molecule has 37 heavy (non-hydrogen) atoms. The topological polar surface area (TPSA) is 53.1 Å². The van der Waals surface area contributed by atoms with Crippen molar-refractivity contribution in [3.63, 3.8) is 0 Å². The van der Waals surface area contributed by atoms with Gasteiger partial charge < -0.3 is 19.4 Å². The Balaban J connectivity index is 1.31. The predicted molar refractivity (Wildman–Crippen MR) is 150 cm³/mol. The van der Waals surface area contributed by atoms with E-state index in [4.69, 9.17) is 16.3 Å². The van der Waals surface area contributed by atoms with Gasteiger partial charge >= 0.3 is 0 Å². The summed E-state index contributed by atoms with van der Waals surface area (Å²) in [5.74, 6) is 0.355. The summed E-state index contributed by atoms with van der Waals surface area (Å²) in [5, 5.41) is 0.144. The quantitative estimate of drug-likeness (QED) is 0.426. The maximum absolute atomic E-state index is 13.8. The molecule has 1 saturated heterocycles. The summed E-state index contributed by atoms with van der Waals surface area (Å²) >= 11 is 7.70. The molecule has 0 bridgehead atoms. The molecule has 5 rings (SSSR count). The average Bonchev–Trinajstić information content (AvgIpc) is 2.93. The molecule has 0 saturated carbocycles. The molecule has 6 nitrogen and oxygen atoms in total. The van der Waals surface area contributed by atoms with Crippen molar-refractivity contribution in [1.29, 1.82) is 0 Å². The minimum absolute atomic E-state index is 0.0209. The molecule has 0 unspecified atom stereocenters. The number of halogens is 1. The third-order valence-electron chi connectivity index (χ3n) is 7.01. The van der Waals surface area contributed by atoms with E-state index >= 15 is 0 Å². The smallest absolute Gasteiger partial charge is 0.241 e. The van der Waals surface area contributed by atoms with E-state index in [0.29, 0.717) is 37.7 Å². The number of hydrogen-bond donors (Lipinski definition) is 0. The number of amides is 2. The molecule has 0 aromatic heterocycles. The number of benzene rings is 3. The van der Waals surface area contributed by atoms with Gasteiger partial charge in [0.15, 0.2) is 0 Å². The van der Waals surface area contributed by atoms with E-state index < -0.39 is 11.2 Å². The fraction of sp³-hybridized carbons (Fsp3) is 0.310. The van der Waals surface area contributed by atoms with E-state index in [1.165, 1.54) is 11.8 Å². The highest BCUT2D eigenvalue weighted by Gasteiger charge is 2.41. The van der Waals surface area contributed by atoms with Crippen molar-refractivity contribution >= 4 is 46.6 Å². The molecular weight excluding hydrogens is 506 g/mol. The Hall–Kier alpha value is -3.16. The lowest BCUT2D eigenvalue weighted by Crippen LogP contribution is -2.53. The van der Waals surface area contributed by atoms with E-state index in [9.17, 15) is 9.59 Å². The van der Waals surface area contributed by atoms with Crippen LogP contribution in [0.5, 0.6) is 5.75 Å². The largest absolute Gasteiger partial charge is 0.495 e. The maximum atomic E-state index is 13.8. The van der Waals surface area contributed by atoms with Crippen molar-refractivity contribution in [3.8, 4) is 5.75 Å². The average molecular weight is 536 g/mol. The van der Waals surface area contributed by atoms with Gasteiger partial charge in [-0.05, 0) is 42.0 Å². The van der Waals surface area contributed by atoms with Crippen molar-refractivity contribution in [2.75, 3.05) is 43.1 Å². The lowest BCUT2D eigenvalue weighted by Gasteiger charge is -2.40. The van der Waals surface area contributed by atoms with Gasteiger partial charge in [-0.25, -0.2) is 0 Å². The first-order valence-corrected chi connectivity index (χ1v) is 13.7. The van der Waals surface area contributed by atoms with E-state index in [0.717, 1.165) is 27.6 Å². The second-order valence-electron chi connectivity index (χ2n) is 9.33. The fourth-order valence-electron chi connectivity index (χ4n) is 5.01. The summed E-state index contributed by atoms with van der Waals surface area (Å²) < 4.78 is 5.52. The number of rotatable bonds is 6. The van der Waals surface area contributed by atoms with Gasteiger partial charge in [0.1, 0.15) is 11.0 Å². The molecule has 2 heterocycles.